The van der Waals surface area contributed by atoms with Gasteiger partial charge in [0.2, 0.25) is 11.8 Å². The highest BCUT2D eigenvalue weighted by molar-refractivity contribution is 8.00. The van der Waals surface area contributed by atoms with E-state index in [1.54, 1.807) is 17.8 Å². The lowest BCUT2D eigenvalue weighted by Crippen LogP contribution is -2.42. The number of nitrogens with one attached hydrogen (secondary N) is 1. The Morgan fingerprint density at radius 3 is 2.45 bits per heavy atom. The molecule has 1 saturated heterocycles. The molecule has 4 aromatic rings. The summed E-state index contributed by atoms with van der Waals surface area (Å²) in [6, 6.07) is 21.0. The van der Waals surface area contributed by atoms with Crippen molar-refractivity contribution in [2.75, 3.05) is 4.90 Å². The van der Waals surface area contributed by atoms with Crippen LogP contribution < -0.4 is 14.5 Å². The molecular formula is C32H24ClFN2O4S2. The number of thiazole rings is 1. The lowest BCUT2D eigenvalue weighted by molar-refractivity contribution is -0.123. The molecule has 3 fully saturated rings. The molecule has 1 N–H and O–H groups in total. The van der Waals surface area contributed by atoms with Gasteiger partial charge in [-0.25, -0.2) is 4.39 Å². The van der Waals surface area contributed by atoms with E-state index in [0.29, 0.717) is 23.1 Å². The third-order valence-electron chi connectivity index (χ3n) is 9.35. The fraction of sp³-hybridized carbons (Fsp3) is 0.281. The monoisotopic (exact) mass is 618 g/mol. The number of halogens is 2. The maximum atomic E-state index is 13.9. The number of aromatic amines is 1. The number of amides is 2. The van der Waals surface area contributed by atoms with Gasteiger partial charge >= 0.3 is 4.87 Å². The summed E-state index contributed by atoms with van der Waals surface area (Å²) >= 11 is 9.40. The highest BCUT2D eigenvalue weighted by Crippen LogP contribution is 2.69. The van der Waals surface area contributed by atoms with Gasteiger partial charge in [0, 0.05) is 26.6 Å². The lowest BCUT2D eigenvalue weighted by atomic mass is 9.68. The molecule has 212 valence electrons. The van der Waals surface area contributed by atoms with Crippen LogP contribution in [0, 0.1) is 35.4 Å². The number of nitrogens with zero attached hydrogens (tertiary/aromatic N) is 1. The van der Waals surface area contributed by atoms with E-state index in [1.807, 2.05) is 42.5 Å². The predicted molar refractivity (Wildman–Crippen MR) is 160 cm³/mol. The molecule has 2 aliphatic carbocycles. The Morgan fingerprint density at radius 2 is 1.69 bits per heavy atom. The van der Waals surface area contributed by atoms with Gasteiger partial charge in [0.15, 0.2) is 0 Å². The molecule has 8 rings (SSSR count). The minimum Gasteiger partial charge on any atom is -0.489 e. The fourth-order valence-electron chi connectivity index (χ4n) is 7.84. The van der Waals surface area contributed by atoms with Crippen LogP contribution in [0.25, 0.3) is 0 Å². The van der Waals surface area contributed by atoms with E-state index in [9.17, 15) is 18.8 Å². The van der Waals surface area contributed by atoms with Crippen molar-refractivity contribution in [1.29, 1.82) is 0 Å². The molecule has 6 nitrogen and oxygen atoms in total. The summed E-state index contributed by atoms with van der Waals surface area (Å²) < 4.78 is 20.0. The van der Waals surface area contributed by atoms with E-state index in [0.717, 1.165) is 27.5 Å². The normalized spacial score (nSPS) is 29.0. The second-order valence-corrected chi connectivity index (χ2v) is 14.0. The van der Waals surface area contributed by atoms with Gasteiger partial charge in [-0.1, -0.05) is 53.3 Å². The zero-order chi connectivity index (χ0) is 28.7. The number of carbonyl (C=O) groups excluding carboxylic acids is 2. The molecule has 2 bridgehead atoms. The Hall–Kier alpha value is -3.40. The van der Waals surface area contributed by atoms with Crippen molar-refractivity contribution in [2.45, 2.75) is 29.2 Å². The van der Waals surface area contributed by atoms with E-state index in [2.05, 4.69) is 4.98 Å². The Kier molecular flexibility index (Phi) is 6.14. The minimum atomic E-state index is -0.456. The summed E-state index contributed by atoms with van der Waals surface area (Å²) in [4.78, 5) is 45.5. The Bertz CT molecular complexity index is 1790. The first-order valence-corrected chi connectivity index (χ1v) is 16.0. The van der Waals surface area contributed by atoms with Crippen molar-refractivity contribution in [1.82, 2.24) is 4.98 Å². The van der Waals surface area contributed by atoms with Crippen LogP contribution in [-0.2, 0) is 16.2 Å². The topological polar surface area (TPSA) is 79.5 Å². The molecule has 2 saturated carbocycles. The van der Waals surface area contributed by atoms with Gasteiger partial charge in [-0.05, 0) is 72.2 Å². The van der Waals surface area contributed by atoms with Gasteiger partial charge in [-0.15, -0.1) is 11.8 Å². The zero-order valence-corrected chi connectivity index (χ0v) is 24.4. The van der Waals surface area contributed by atoms with Crippen LogP contribution in [0.4, 0.5) is 10.1 Å². The lowest BCUT2D eigenvalue weighted by Gasteiger charge is -2.43. The third kappa shape index (κ3) is 3.93. The van der Waals surface area contributed by atoms with Crippen molar-refractivity contribution in [2.24, 2.45) is 29.6 Å². The van der Waals surface area contributed by atoms with Crippen LogP contribution >= 0.6 is 34.7 Å². The third-order valence-corrected chi connectivity index (χ3v) is 12.2. The van der Waals surface area contributed by atoms with Gasteiger partial charge in [-0.3, -0.25) is 19.3 Å². The van der Waals surface area contributed by atoms with Crippen LogP contribution in [-0.4, -0.2) is 22.0 Å². The largest absolute Gasteiger partial charge is 0.489 e. The van der Waals surface area contributed by atoms with Crippen LogP contribution in [0.15, 0.2) is 82.6 Å². The first-order chi connectivity index (χ1) is 20.4. The molecule has 10 heteroatoms. The minimum absolute atomic E-state index is 0.00246. The zero-order valence-electron chi connectivity index (χ0n) is 22.0. The number of benzene rings is 3. The number of hydrogen-bond donors (Lipinski definition) is 1. The highest BCUT2D eigenvalue weighted by Gasteiger charge is 2.69. The van der Waals surface area contributed by atoms with Gasteiger partial charge in [0.25, 0.3) is 0 Å². The van der Waals surface area contributed by atoms with Crippen LogP contribution in [0.3, 0.4) is 0 Å². The van der Waals surface area contributed by atoms with E-state index >= 15 is 0 Å². The van der Waals surface area contributed by atoms with Crippen molar-refractivity contribution >= 4 is 52.2 Å². The highest BCUT2D eigenvalue weighted by atomic mass is 35.5. The summed E-state index contributed by atoms with van der Waals surface area (Å²) in [6.45, 7) is 0.373. The second-order valence-electron chi connectivity index (χ2n) is 11.4. The number of ether oxygens (including phenoxy) is 1. The molecule has 2 aliphatic heterocycles. The van der Waals surface area contributed by atoms with Gasteiger partial charge < -0.3 is 9.72 Å². The maximum Gasteiger partial charge on any atom is 0.305 e. The summed E-state index contributed by atoms with van der Waals surface area (Å²) in [5.41, 5.74) is 2.32. The number of imide groups is 1. The number of thioether (sulfide) groups is 1. The summed E-state index contributed by atoms with van der Waals surface area (Å²) in [7, 11) is 0. The number of carbonyl (C=O) groups is 2. The van der Waals surface area contributed by atoms with Crippen LogP contribution in [0.5, 0.6) is 5.75 Å². The molecule has 7 atom stereocenters. The molecular weight excluding hydrogens is 595 g/mol. The fourth-order valence-corrected chi connectivity index (χ4v) is 10.9. The molecule has 4 aliphatic rings. The first-order valence-electron chi connectivity index (χ1n) is 13.9. The van der Waals surface area contributed by atoms with Gasteiger partial charge in [0.1, 0.15) is 18.2 Å². The Morgan fingerprint density at radius 1 is 0.952 bits per heavy atom. The second kappa shape index (κ2) is 9.82. The summed E-state index contributed by atoms with van der Waals surface area (Å²) in [5.74, 6) is -1.35. The SMILES string of the molecule is O=C1[C@H]2[C@H]3C[C@@H]([C@@H]2C(=O)N1c1ccc(F)cc1)[C@H]1[C@H](c2cc(Cl)ccc2OCc2ccccc2)c2sc(=O)[nH]c2S[C@H]31. The molecule has 0 unspecified atom stereocenters. The van der Waals surface area contributed by atoms with E-state index in [1.165, 1.54) is 40.5 Å². The molecule has 42 heavy (non-hydrogen) atoms. The quantitative estimate of drug-likeness (QED) is 0.259. The average molecular weight is 619 g/mol. The number of H-pyrrole nitrogens is 1. The average Bonchev–Trinajstić information content (AvgIpc) is 3.72. The molecule has 3 aromatic carbocycles. The molecule has 0 spiro atoms. The number of fused-ring (bicyclic) bond motifs is 9. The summed E-state index contributed by atoms with van der Waals surface area (Å²) in [6.07, 6.45) is 0.767. The Labute approximate surface area is 253 Å². The first kappa shape index (κ1) is 26.2. The Balaban J connectivity index is 1.21. The van der Waals surface area contributed by atoms with Crippen LogP contribution in [0.2, 0.25) is 5.02 Å². The standard InChI is InChI=1S/C32H24ClFN2O4S2/c33-16-6-11-22(40-14-15-4-2-1-3-5-15)19(12-16)23-24-20-13-21(27(24)41-29-28(23)42-32(39)35-29)26-25(20)30(37)36(31(26)38)18-9-7-17(34)8-10-18/h1-12,20-21,23-27H,13-14H2,(H,35,39)/t20-,21-,23+,24+,25+,26+,27-/m1/s1. The van der Waals surface area contributed by atoms with Gasteiger partial charge in [-0.2, -0.15) is 0 Å². The van der Waals surface area contributed by atoms with Gasteiger partial charge in [0.05, 0.1) is 22.5 Å². The number of anilines is 1. The smallest absolute Gasteiger partial charge is 0.305 e. The van der Waals surface area contributed by atoms with Crippen molar-refractivity contribution in [3.8, 4) is 5.75 Å². The maximum absolute atomic E-state index is 13.9. The van der Waals surface area contributed by atoms with Crippen molar-refractivity contribution in [3.63, 3.8) is 0 Å². The number of rotatable bonds is 5. The predicted octanol–water partition coefficient (Wildman–Crippen LogP) is 6.49. The molecule has 1 aromatic heterocycles. The van der Waals surface area contributed by atoms with E-state index in [-0.39, 0.29) is 45.6 Å². The van der Waals surface area contributed by atoms with Crippen LogP contribution in [0.1, 0.15) is 28.3 Å². The van der Waals surface area contributed by atoms with E-state index < -0.39 is 17.7 Å². The number of hydrogen-bond acceptors (Lipinski definition) is 6. The number of aromatic nitrogens is 1. The summed E-state index contributed by atoms with van der Waals surface area (Å²) in [5, 5.41) is 1.42. The molecule has 2 amide bonds. The molecule has 3 heterocycles. The van der Waals surface area contributed by atoms with E-state index in [4.69, 9.17) is 16.3 Å². The van der Waals surface area contributed by atoms with Crippen molar-refractivity contribution in [3.05, 3.63) is 109 Å². The van der Waals surface area contributed by atoms with Crippen molar-refractivity contribution < 1.29 is 18.7 Å². The molecule has 0 radical (unpaired) electrons.